The van der Waals surface area contributed by atoms with E-state index in [1.54, 1.807) is 0 Å². The molecule has 23 heavy (non-hydrogen) atoms. The van der Waals surface area contributed by atoms with E-state index in [0.717, 1.165) is 0 Å². The molecule has 0 aromatic carbocycles. The molecule has 2 saturated heterocycles. The first-order chi connectivity index (χ1) is 10.7. The van der Waals surface area contributed by atoms with Gasteiger partial charge in [0.25, 0.3) is 5.91 Å². The fraction of sp³-hybridized carbons (Fsp3) is 0.818. The molecule has 0 radical (unpaired) electrons. The Labute approximate surface area is 134 Å². The molecular formula is C11H20N4O7S. The summed E-state index contributed by atoms with van der Waals surface area (Å²) < 4.78 is 34.6. The maximum Gasteiger partial charge on any atom is 0.418 e. The Morgan fingerprint density at radius 2 is 2.13 bits per heavy atom. The van der Waals surface area contributed by atoms with Crippen LogP contribution in [0.25, 0.3) is 0 Å². The molecular weight excluding hydrogens is 332 g/mol. The second-order valence-electron chi connectivity index (χ2n) is 5.63. The number of urea groups is 1. The molecule has 2 aliphatic rings. The highest BCUT2D eigenvalue weighted by Gasteiger charge is 2.49. The Morgan fingerprint density at radius 1 is 1.43 bits per heavy atom. The smallest absolute Gasteiger partial charge is 0.309 e. The molecule has 0 aliphatic carbocycles. The second kappa shape index (κ2) is 6.97. The summed E-state index contributed by atoms with van der Waals surface area (Å²) in [5.74, 6) is -0.482. The van der Waals surface area contributed by atoms with Crippen LogP contribution in [0.4, 0.5) is 4.79 Å². The van der Waals surface area contributed by atoms with Crippen molar-refractivity contribution in [3.63, 3.8) is 0 Å². The van der Waals surface area contributed by atoms with Crippen molar-refractivity contribution in [2.75, 3.05) is 33.8 Å². The van der Waals surface area contributed by atoms with Gasteiger partial charge in [-0.2, -0.15) is 13.5 Å². The maximum atomic E-state index is 12.1. The predicted molar refractivity (Wildman–Crippen MR) is 76.0 cm³/mol. The number of carbonyl (C=O) groups is 2. The lowest BCUT2D eigenvalue weighted by molar-refractivity contribution is -0.139. The van der Waals surface area contributed by atoms with Crippen molar-refractivity contribution in [1.82, 2.24) is 20.3 Å². The van der Waals surface area contributed by atoms with E-state index in [2.05, 4.69) is 9.76 Å². The molecule has 2 heterocycles. The first-order valence-electron chi connectivity index (χ1n) is 7.02. The SMILES string of the molecule is CN(C)CCONC(=O)C1CCC2CN1C(=O)N2OS(=O)(=O)O. The molecule has 12 heteroatoms. The van der Waals surface area contributed by atoms with Crippen LogP contribution < -0.4 is 5.48 Å². The van der Waals surface area contributed by atoms with Crippen LogP contribution in [0.15, 0.2) is 0 Å². The Kier molecular flexibility index (Phi) is 5.41. The van der Waals surface area contributed by atoms with Gasteiger partial charge in [-0.25, -0.2) is 10.3 Å². The highest BCUT2D eigenvalue weighted by molar-refractivity contribution is 7.80. The molecule has 2 atom stereocenters. The molecule has 11 nitrogen and oxygen atoms in total. The van der Waals surface area contributed by atoms with Crippen LogP contribution in [0.2, 0.25) is 0 Å². The van der Waals surface area contributed by atoms with Crippen LogP contribution in [-0.2, 0) is 24.3 Å². The van der Waals surface area contributed by atoms with Crippen LogP contribution in [-0.4, -0.2) is 85.6 Å². The number of likely N-dealkylation sites (N-methyl/N-ethyl adjacent to an activating group) is 1. The van der Waals surface area contributed by atoms with Crippen molar-refractivity contribution >= 4 is 22.3 Å². The number of rotatable bonds is 7. The van der Waals surface area contributed by atoms with Gasteiger partial charge in [0.1, 0.15) is 6.04 Å². The number of nitrogens with one attached hydrogen (secondary N) is 1. The lowest BCUT2D eigenvalue weighted by atomic mass is 10.0. The molecule has 2 N–H and O–H groups in total. The van der Waals surface area contributed by atoms with Gasteiger partial charge in [0.15, 0.2) is 0 Å². The molecule has 132 valence electrons. The summed E-state index contributed by atoms with van der Waals surface area (Å²) in [4.78, 5) is 32.3. The topological polar surface area (TPSA) is 129 Å². The third-order valence-corrected chi connectivity index (χ3v) is 3.96. The second-order valence-corrected chi connectivity index (χ2v) is 6.63. The fourth-order valence-electron chi connectivity index (χ4n) is 2.52. The molecule has 0 spiro atoms. The Balaban J connectivity index is 1.92. The molecule has 0 saturated carbocycles. The summed E-state index contributed by atoms with van der Waals surface area (Å²) >= 11 is 0. The van der Waals surface area contributed by atoms with Crippen molar-refractivity contribution in [3.05, 3.63) is 0 Å². The van der Waals surface area contributed by atoms with Crippen LogP contribution in [0, 0.1) is 0 Å². The zero-order valence-corrected chi connectivity index (χ0v) is 13.7. The summed E-state index contributed by atoms with van der Waals surface area (Å²) in [6, 6.07) is -2.07. The Bertz CT molecular complexity index is 567. The highest BCUT2D eigenvalue weighted by atomic mass is 32.3. The average Bonchev–Trinajstić information content (AvgIpc) is 2.67. The minimum atomic E-state index is -4.79. The number of carbonyl (C=O) groups excluding carboxylic acids is 2. The molecule has 2 fully saturated rings. The summed E-state index contributed by atoms with van der Waals surface area (Å²) in [5, 5.41) is 0.593. The molecule has 2 rings (SSSR count). The maximum absolute atomic E-state index is 12.1. The van der Waals surface area contributed by atoms with Gasteiger partial charge >= 0.3 is 16.4 Å². The molecule has 0 aromatic heterocycles. The van der Waals surface area contributed by atoms with Crippen molar-refractivity contribution in [2.24, 2.45) is 0 Å². The average molecular weight is 352 g/mol. The number of hydrogen-bond donors (Lipinski definition) is 2. The third-order valence-electron chi connectivity index (χ3n) is 3.61. The van der Waals surface area contributed by atoms with Gasteiger partial charge in [-0.1, -0.05) is 0 Å². The molecule has 3 amide bonds. The highest BCUT2D eigenvalue weighted by Crippen LogP contribution is 2.30. The number of nitrogens with zero attached hydrogens (tertiary/aromatic N) is 3. The van der Waals surface area contributed by atoms with Gasteiger partial charge in [-0.3, -0.25) is 14.2 Å². The van der Waals surface area contributed by atoms with E-state index in [0.29, 0.717) is 31.1 Å². The van der Waals surface area contributed by atoms with Gasteiger partial charge in [0.2, 0.25) is 0 Å². The van der Waals surface area contributed by atoms with Crippen LogP contribution in [0.3, 0.4) is 0 Å². The number of hydroxylamine groups is 3. The summed E-state index contributed by atoms with van der Waals surface area (Å²) in [5.41, 5.74) is 2.29. The predicted octanol–water partition coefficient (Wildman–Crippen LogP) is -1.40. The van der Waals surface area contributed by atoms with E-state index in [9.17, 15) is 18.0 Å². The first kappa shape index (κ1) is 17.9. The number of hydrogen-bond acceptors (Lipinski definition) is 7. The lowest BCUT2D eigenvalue weighted by Crippen LogP contribution is -2.50. The van der Waals surface area contributed by atoms with E-state index in [1.165, 1.54) is 4.90 Å². The van der Waals surface area contributed by atoms with E-state index in [1.807, 2.05) is 19.0 Å². The monoisotopic (exact) mass is 352 g/mol. The van der Waals surface area contributed by atoms with E-state index < -0.39 is 34.4 Å². The first-order valence-corrected chi connectivity index (χ1v) is 8.39. The standard InChI is InChI=1S/C11H20N4O7S/c1-13(2)5-6-21-12-10(16)9-4-3-8-7-14(9)11(17)15(8)22-23(18,19)20/h8-9H,3-7H2,1-2H3,(H,12,16)(H,18,19,20). The van der Waals surface area contributed by atoms with Gasteiger partial charge in [-0.15, -0.1) is 4.28 Å². The zero-order valence-electron chi connectivity index (χ0n) is 12.8. The van der Waals surface area contributed by atoms with Gasteiger partial charge < -0.3 is 9.80 Å². The van der Waals surface area contributed by atoms with Crippen LogP contribution >= 0.6 is 0 Å². The van der Waals surface area contributed by atoms with Crippen molar-refractivity contribution in [2.45, 2.75) is 24.9 Å². The quantitative estimate of drug-likeness (QED) is 0.325. The number of fused-ring (bicyclic) bond motifs is 2. The van der Waals surface area contributed by atoms with Gasteiger partial charge in [0.05, 0.1) is 12.6 Å². The van der Waals surface area contributed by atoms with Crippen LogP contribution in [0.1, 0.15) is 12.8 Å². The lowest BCUT2D eigenvalue weighted by Gasteiger charge is -2.28. The van der Waals surface area contributed by atoms with Crippen molar-refractivity contribution in [1.29, 1.82) is 0 Å². The molecule has 2 aliphatic heterocycles. The van der Waals surface area contributed by atoms with Crippen molar-refractivity contribution in [3.8, 4) is 0 Å². The van der Waals surface area contributed by atoms with E-state index >= 15 is 0 Å². The zero-order chi connectivity index (χ0) is 17.2. The summed E-state index contributed by atoms with van der Waals surface area (Å²) in [6.07, 6.45) is 0.707. The summed E-state index contributed by atoms with van der Waals surface area (Å²) in [6.45, 7) is 1.05. The normalized spacial score (nSPS) is 24.4. The third kappa shape index (κ3) is 4.51. The Morgan fingerprint density at radius 3 is 2.74 bits per heavy atom. The van der Waals surface area contributed by atoms with Crippen molar-refractivity contribution < 1.29 is 31.7 Å². The molecule has 2 unspecified atom stereocenters. The molecule has 0 aromatic rings. The minimum Gasteiger partial charge on any atom is -0.309 e. The molecule has 2 bridgehead atoms. The number of amides is 3. The van der Waals surface area contributed by atoms with E-state index in [4.69, 9.17) is 9.39 Å². The fourth-order valence-corrected chi connectivity index (χ4v) is 2.91. The number of piperidine rings is 1. The van der Waals surface area contributed by atoms with E-state index in [-0.39, 0.29) is 6.54 Å². The largest absolute Gasteiger partial charge is 0.418 e. The minimum absolute atomic E-state index is 0.143. The Hall–Kier alpha value is -1.47. The van der Waals surface area contributed by atoms with Gasteiger partial charge in [-0.05, 0) is 26.9 Å². The van der Waals surface area contributed by atoms with Crippen LogP contribution in [0.5, 0.6) is 0 Å². The van der Waals surface area contributed by atoms with Gasteiger partial charge in [0, 0.05) is 13.1 Å². The summed E-state index contributed by atoms with van der Waals surface area (Å²) in [7, 11) is -1.07.